The lowest BCUT2D eigenvalue weighted by atomic mass is 10.4. The van der Waals surface area contributed by atoms with Crippen molar-refractivity contribution in [2.45, 2.75) is 25.2 Å². The molecule has 0 aliphatic rings. The summed E-state index contributed by atoms with van der Waals surface area (Å²) in [6.45, 7) is 1.88. The fraction of sp³-hybridized carbons (Fsp3) is 0.857. The van der Waals surface area contributed by atoms with Crippen molar-refractivity contribution < 1.29 is 18.8 Å². The van der Waals surface area contributed by atoms with Gasteiger partial charge in [0, 0.05) is 14.2 Å². The van der Waals surface area contributed by atoms with Crippen molar-refractivity contribution in [2.75, 3.05) is 14.2 Å². The molecule has 0 aromatic heterocycles. The zero-order valence-corrected chi connectivity index (χ0v) is 9.11. The SMILES string of the molecule is CO[Si](C)(CCC(O)N=C=O)OC. The summed E-state index contributed by atoms with van der Waals surface area (Å²) in [5.41, 5.74) is 0. The van der Waals surface area contributed by atoms with Gasteiger partial charge in [-0.15, -0.1) is 0 Å². The molecule has 0 aliphatic carbocycles. The van der Waals surface area contributed by atoms with E-state index in [0.717, 1.165) is 0 Å². The van der Waals surface area contributed by atoms with Crippen molar-refractivity contribution in [1.82, 2.24) is 0 Å². The summed E-state index contributed by atoms with van der Waals surface area (Å²) in [6.07, 6.45) is 0.668. The topological polar surface area (TPSA) is 68.1 Å². The van der Waals surface area contributed by atoms with E-state index in [4.69, 9.17) is 14.0 Å². The van der Waals surface area contributed by atoms with Crippen LogP contribution in [0.1, 0.15) is 6.42 Å². The predicted molar refractivity (Wildman–Crippen MR) is 49.2 cm³/mol. The molecule has 0 saturated carbocycles. The molecule has 0 bridgehead atoms. The monoisotopic (exact) mass is 205 g/mol. The quantitative estimate of drug-likeness (QED) is 0.387. The fourth-order valence-electron chi connectivity index (χ4n) is 0.804. The normalized spacial score (nSPS) is 13.5. The molecule has 0 radical (unpaired) electrons. The third-order valence-corrected chi connectivity index (χ3v) is 4.85. The molecule has 0 spiro atoms. The van der Waals surface area contributed by atoms with Crippen LogP contribution in [0.15, 0.2) is 4.99 Å². The van der Waals surface area contributed by atoms with Crippen LogP contribution in [0, 0.1) is 0 Å². The Bertz CT molecular complexity index is 189. The first kappa shape index (κ1) is 12.5. The second-order valence-electron chi connectivity index (χ2n) is 2.78. The van der Waals surface area contributed by atoms with Crippen molar-refractivity contribution in [3.8, 4) is 0 Å². The van der Waals surface area contributed by atoms with Crippen molar-refractivity contribution >= 4 is 14.6 Å². The number of aliphatic hydroxyl groups excluding tert-OH is 1. The van der Waals surface area contributed by atoms with Gasteiger partial charge in [0.1, 0.15) is 0 Å². The molecule has 76 valence electrons. The standard InChI is InChI=1S/C7H15NO4Si/c1-11-13(3,12-2)5-4-7(10)8-6-9/h7,10H,4-5H2,1-3H3. The number of isocyanates is 1. The summed E-state index contributed by atoms with van der Waals surface area (Å²) < 4.78 is 10.4. The summed E-state index contributed by atoms with van der Waals surface area (Å²) in [5.74, 6) is 0. The van der Waals surface area contributed by atoms with Crippen LogP contribution >= 0.6 is 0 Å². The van der Waals surface area contributed by atoms with Crippen LogP contribution in [0.4, 0.5) is 0 Å². The molecule has 0 saturated heterocycles. The van der Waals surface area contributed by atoms with E-state index in [2.05, 4.69) is 4.99 Å². The Morgan fingerprint density at radius 1 is 1.54 bits per heavy atom. The van der Waals surface area contributed by atoms with Gasteiger partial charge in [-0.3, -0.25) is 0 Å². The molecule has 0 fully saturated rings. The Morgan fingerprint density at radius 3 is 2.46 bits per heavy atom. The summed E-state index contributed by atoms with van der Waals surface area (Å²) in [6, 6.07) is 0.590. The summed E-state index contributed by atoms with van der Waals surface area (Å²) >= 11 is 0. The van der Waals surface area contributed by atoms with Crippen LogP contribution in [0.5, 0.6) is 0 Å². The third-order valence-electron chi connectivity index (χ3n) is 1.92. The number of hydrogen-bond acceptors (Lipinski definition) is 5. The first-order valence-corrected chi connectivity index (χ1v) is 6.45. The van der Waals surface area contributed by atoms with Crippen molar-refractivity contribution in [3.63, 3.8) is 0 Å². The highest BCUT2D eigenvalue weighted by molar-refractivity contribution is 6.65. The largest absolute Gasteiger partial charge is 0.398 e. The van der Waals surface area contributed by atoms with Crippen LogP contribution < -0.4 is 0 Å². The minimum absolute atomic E-state index is 0.361. The van der Waals surface area contributed by atoms with E-state index in [-0.39, 0.29) is 0 Å². The molecule has 0 amide bonds. The minimum atomic E-state index is -2.14. The molecule has 0 aromatic rings. The highest BCUT2D eigenvalue weighted by atomic mass is 28.4. The van der Waals surface area contributed by atoms with Gasteiger partial charge in [0.25, 0.3) is 0 Å². The van der Waals surface area contributed by atoms with Crippen LogP contribution in [-0.2, 0) is 13.6 Å². The molecule has 6 heteroatoms. The average Bonchev–Trinajstić information content (AvgIpc) is 2.15. The highest BCUT2D eigenvalue weighted by Gasteiger charge is 2.29. The Hall–Kier alpha value is -0.523. The number of carbonyl (C=O) groups excluding carboxylic acids is 1. The summed E-state index contributed by atoms with van der Waals surface area (Å²) in [5, 5.41) is 9.09. The lowest BCUT2D eigenvalue weighted by molar-refractivity contribution is 0.171. The molecule has 0 rings (SSSR count). The number of aliphatic imine (C=N–C) groups is 1. The smallest absolute Gasteiger partial charge is 0.334 e. The van der Waals surface area contributed by atoms with Crippen LogP contribution in [0.3, 0.4) is 0 Å². The Morgan fingerprint density at radius 2 is 2.08 bits per heavy atom. The number of rotatable bonds is 6. The first-order valence-electron chi connectivity index (χ1n) is 3.93. The van der Waals surface area contributed by atoms with E-state index in [1.165, 1.54) is 6.08 Å². The molecule has 13 heavy (non-hydrogen) atoms. The van der Waals surface area contributed by atoms with Gasteiger partial charge >= 0.3 is 8.56 Å². The van der Waals surface area contributed by atoms with Crippen LogP contribution in [0.2, 0.25) is 12.6 Å². The molecule has 0 aliphatic heterocycles. The molecule has 0 aromatic carbocycles. The van der Waals surface area contributed by atoms with E-state index < -0.39 is 14.8 Å². The van der Waals surface area contributed by atoms with Gasteiger partial charge in [-0.1, -0.05) is 0 Å². The molecular weight excluding hydrogens is 190 g/mol. The molecule has 0 heterocycles. The molecule has 1 unspecified atom stereocenters. The molecule has 5 nitrogen and oxygen atoms in total. The zero-order chi connectivity index (χ0) is 10.3. The molecule has 1 N–H and O–H groups in total. The summed E-state index contributed by atoms with van der Waals surface area (Å²) in [7, 11) is 1.01. The lowest BCUT2D eigenvalue weighted by Crippen LogP contribution is -2.36. The van der Waals surface area contributed by atoms with Crippen molar-refractivity contribution in [1.29, 1.82) is 0 Å². The van der Waals surface area contributed by atoms with Gasteiger partial charge in [-0.2, -0.15) is 4.99 Å². The fourth-order valence-corrected chi connectivity index (χ4v) is 2.16. The third kappa shape index (κ3) is 4.92. The average molecular weight is 205 g/mol. The minimum Gasteiger partial charge on any atom is -0.398 e. The van der Waals surface area contributed by atoms with Crippen LogP contribution in [-0.4, -0.2) is 40.2 Å². The number of hydrogen-bond donors (Lipinski definition) is 1. The molecule has 1 atom stereocenters. The second-order valence-corrected chi connectivity index (χ2v) is 6.37. The van der Waals surface area contributed by atoms with Gasteiger partial charge in [-0.25, -0.2) is 4.79 Å². The maximum Gasteiger partial charge on any atom is 0.334 e. The van der Waals surface area contributed by atoms with E-state index in [9.17, 15) is 4.79 Å². The van der Waals surface area contributed by atoms with Gasteiger partial charge in [0.05, 0.1) is 0 Å². The van der Waals surface area contributed by atoms with Crippen molar-refractivity contribution in [3.05, 3.63) is 0 Å². The second kappa shape index (κ2) is 6.01. The van der Waals surface area contributed by atoms with Gasteiger partial charge in [0.15, 0.2) is 6.23 Å². The van der Waals surface area contributed by atoms with Gasteiger partial charge < -0.3 is 14.0 Å². The summed E-state index contributed by atoms with van der Waals surface area (Å²) in [4.78, 5) is 12.9. The highest BCUT2D eigenvalue weighted by Crippen LogP contribution is 2.15. The molecular formula is C7H15NO4Si. The maximum atomic E-state index is 9.78. The van der Waals surface area contributed by atoms with Crippen LogP contribution in [0.25, 0.3) is 0 Å². The van der Waals surface area contributed by atoms with E-state index in [1.807, 2.05) is 6.55 Å². The first-order chi connectivity index (χ1) is 6.08. The zero-order valence-electron chi connectivity index (χ0n) is 8.11. The van der Waals surface area contributed by atoms with Gasteiger partial charge in [-0.05, 0) is 19.0 Å². The van der Waals surface area contributed by atoms with E-state index in [0.29, 0.717) is 12.5 Å². The Kier molecular flexibility index (Phi) is 5.77. The Balaban J connectivity index is 3.91. The van der Waals surface area contributed by atoms with Gasteiger partial charge in [0.2, 0.25) is 6.08 Å². The number of nitrogens with zero attached hydrogens (tertiary/aromatic N) is 1. The van der Waals surface area contributed by atoms with Crippen molar-refractivity contribution in [2.24, 2.45) is 4.99 Å². The van der Waals surface area contributed by atoms with E-state index in [1.54, 1.807) is 14.2 Å². The predicted octanol–water partition coefficient (Wildman–Crippen LogP) is 0.395. The lowest BCUT2D eigenvalue weighted by Gasteiger charge is -2.22. The maximum absolute atomic E-state index is 9.78. The van der Waals surface area contributed by atoms with E-state index >= 15 is 0 Å². The number of aliphatic hydroxyl groups is 1. The Labute approximate surface area is 78.6 Å².